The Hall–Kier alpha value is -0.880. The van der Waals surface area contributed by atoms with Crippen LogP contribution in [0.3, 0.4) is 0 Å². The molecule has 0 fully saturated rings. The number of nitrogens with one attached hydrogen (secondary N) is 1. The lowest BCUT2D eigenvalue weighted by Gasteiger charge is -2.03. The van der Waals surface area contributed by atoms with Gasteiger partial charge in [0.25, 0.3) is 0 Å². The zero-order valence-electron chi connectivity index (χ0n) is 10.0. The number of hydrogen-bond donors (Lipinski definition) is 1. The number of ether oxygens (including phenoxy) is 1. The number of aromatic nitrogens is 1. The first-order valence-electron chi connectivity index (χ1n) is 5.45. The van der Waals surface area contributed by atoms with Crippen molar-refractivity contribution in [2.45, 2.75) is 0 Å². The maximum absolute atomic E-state index is 13.5. The first-order valence-corrected chi connectivity index (χ1v) is 7.08. The quantitative estimate of drug-likeness (QED) is 0.658. The van der Waals surface area contributed by atoms with E-state index in [0.717, 1.165) is 5.13 Å². The molecule has 0 aliphatic rings. The highest BCUT2D eigenvalue weighted by Gasteiger charge is 2.12. The molecule has 2 rings (SSSR count). The van der Waals surface area contributed by atoms with Gasteiger partial charge in [-0.3, -0.25) is 0 Å². The van der Waals surface area contributed by atoms with E-state index < -0.39 is 5.82 Å². The standard InChI is InChI=1S/C12H11Cl2FN2OS/c1-18-3-2-16-12-17-11(6-19-12)7-4-10(15)9(14)5-8(7)13/h4-6H,2-3H2,1H3,(H,16,17). The lowest BCUT2D eigenvalue weighted by Crippen LogP contribution is -2.07. The van der Waals surface area contributed by atoms with Crippen LogP contribution < -0.4 is 5.32 Å². The SMILES string of the molecule is COCCNc1nc(-c2cc(F)c(Cl)cc2Cl)cs1. The molecule has 0 atom stereocenters. The van der Waals surface area contributed by atoms with Crippen molar-refractivity contribution in [1.82, 2.24) is 4.98 Å². The van der Waals surface area contributed by atoms with Gasteiger partial charge >= 0.3 is 0 Å². The highest BCUT2D eigenvalue weighted by atomic mass is 35.5. The summed E-state index contributed by atoms with van der Waals surface area (Å²) in [5.41, 5.74) is 1.14. The smallest absolute Gasteiger partial charge is 0.183 e. The molecular weight excluding hydrogens is 310 g/mol. The third-order valence-electron chi connectivity index (χ3n) is 2.37. The molecule has 7 heteroatoms. The summed E-state index contributed by atoms with van der Waals surface area (Å²) in [6, 6.07) is 2.67. The Morgan fingerprint density at radius 1 is 1.37 bits per heavy atom. The first kappa shape index (κ1) is 14.5. The van der Waals surface area contributed by atoms with E-state index in [9.17, 15) is 4.39 Å². The van der Waals surface area contributed by atoms with Gasteiger partial charge in [0.1, 0.15) is 5.82 Å². The van der Waals surface area contributed by atoms with Crippen molar-refractivity contribution in [2.75, 3.05) is 25.6 Å². The van der Waals surface area contributed by atoms with Crippen LogP contribution in [0.5, 0.6) is 0 Å². The number of rotatable bonds is 5. The van der Waals surface area contributed by atoms with Gasteiger partial charge in [-0.05, 0) is 12.1 Å². The molecule has 0 saturated carbocycles. The Kier molecular flexibility index (Phi) is 4.99. The average molecular weight is 321 g/mol. The minimum Gasteiger partial charge on any atom is -0.383 e. The molecule has 1 heterocycles. The summed E-state index contributed by atoms with van der Waals surface area (Å²) >= 11 is 13.1. The lowest BCUT2D eigenvalue weighted by molar-refractivity contribution is 0.211. The number of hydrogen-bond acceptors (Lipinski definition) is 4. The highest BCUT2D eigenvalue weighted by Crippen LogP contribution is 2.33. The Balaban J connectivity index is 2.20. The van der Waals surface area contributed by atoms with Crippen LogP contribution in [-0.2, 0) is 4.74 Å². The molecule has 1 aromatic heterocycles. The lowest BCUT2D eigenvalue weighted by atomic mass is 10.2. The molecule has 0 aliphatic heterocycles. The molecule has 0 aliphatic carbocycles. The topological polar surface area (TPSA) is 34.1 Å². The van der Waals surface area contributed by atoms with Crippen molar-refractivity contribution >= 4 is 39.7 Å². The average Bonchev–Trinajstić information content (AvgIpc) is 2.83. The van der Waals surface area contributed by atoms with E-state index in [1.807, 2.05) is 5.38 Å². The second-order valence-corrected chi connectivity index (χ2v) is 5.38. The Morgan fingerprint density at radius 2 is 2.16 bits per heavy atom. The molecule has 2 aromatic rings. The normalized spacial score (nSPS) is 10.7. The summed E-state index contributed by atoms with van der Waals surface area (Å²) in [4.78, 5) is 4.34. The molecule has 3 nitrogen and oxygen atoms in total. The van der Waals surface area contributed by atoms with Gasteiger partial charge in [-0.15, -0.1) is 11.3 Å². The van der Waals surface area contributed by atoms with Gasteiger partial charge in [-0.25, -0.2) is 9.37 Å². The summed E-state index contributed by atoms with van der Waals surface area (Å²) < 4.78 is 18.4. The molecule has 0 radical (unpaired) electrons. The molecule has 0 spiro atoms. The van der Waals surface area contributed by atoms with Gasteiger partial charge in [0.05, 0.1) is 22.3 Å². The number of nitrogens with zero attached hydrogens (tertiary/aromatic N) is 1. The predicted molar refractivity (Wildman–Crippen MR) is 77.9 cm³/mol. The number of thiazole rings is 1. The van der Waals surface area contributed by atoms with E-state index in [1.165, 1.54) is 23.5 Å². The number of benzene rings is 1. The zero-order chi connectivity index (χ0) is 13.8. The van der Waals surface area contributed by atoms with E-state index in [1.54, 1.807) is 7.11 Å². The molecule has 0 bridgehead atoms. The number of methoxy groups -OCH3 is 1. The largest absolute Gasteiger partial charge is 0.383 e. The number of anilines is 1. The summed E-state index contributed by atoms with van der Waals surface area (Å²) in [7, 11) is 1.63. The minimum atomic E-state index is -0.511. The van der Waals surface area contributed by atoms with Gasteiger partial charge in [0, 0.05) is 24.6 Å². The van der Waals surface area contributed by atoms with E-state index in [-0.39, 0.29) is 5.02 Å². The maximum Gasteiger partial charge on any atom is 0.183 e. The molecule has 0 unspecified atom stereocenters. The Morgan fingerprint density at radius 3 is 2.89 bits per heavy atom. The van der Waals surface area contributed by atoms with Crippen LogP contribution >= 0.6 is 34.5 Å². The van der Waals surface area contributed by atoms with Crippen LogP contribution in [0.1, 0.15) is 0 Å². The van der Waals surface area contributed by atoms with Gasteiger partial charge in [-0.1, -0.05) is 23.2 Å². The first-order chi connectivity index (χ1) is 9.11. The zero-order valence-corrected chi connectivity index (χ0v) is 12.4. The van der Waals surface area contributed by atoms with Crippen LogP contribution in [0.2, 0.25) is 10.0 Å². The predicted octanol–water partition coefficient (Wildman–Crippen LogP) is 4.31. The van der Waals surface area contributed by atoms with Crippen molar-refractivity contribution < 1.29 is 9.13 Å². The number of halogens is 3. The molecule has 0 saturated heterocycles. The highest BCUT2D eigenvalue weighted by molar-refractivity contribution is 7.14. The fourth-order valence-corrected chi connectivity index (χ4v) is 2.68. The van der Waals surface area contributed by atoms with Crippen molar-refractivity contribution in [3.8, 4) is 11.3 Å². The Bertz CT molecular complexity index is 577. The molecule has 1 aromatic carbocycles. The molecule has 102 valence electrons. The summed E-state index contributed by atoms with van der Waals surface area (Å²) in [5.74, 6) is -0.511. The van der Waals surface area contributed by atoms with Gasteiger partial charge in [-0.2, -0.15) is 0 Å². The summed E-state index contributed by atoms with van der Waals surface area (Å²) in [6.07, 6.45) is 0. The van der Waals surface area contributed by atoms with Crippen molar-refractivity contribution in [3.05, 3.63) is 33.4 Å². The van der Waals surface area contributed by atoms with Gasteiger partial charge in [0.15, 0.2) is 5.13 Å². The van der Waals surface area contributed by atoms with Crippen LogP contribution in [-0.4, -0.2) is 25.2 Å². The van der Waals surface area contributed by atoms with Crippen LogP contribution in [0.4, 0.5) is 9.52 Å². The Labute approximate surface area is 124 Å². The van der Waals surface area contributed by atoms with E-state index in [4.69, 9.17) is 27.9 Å². The molecule has 0 amide bonds. The van der Waals surface area contributed by atoms with E-state index in [2.05, 4.69) is 10.3 Å². The van der Waals surface area contributed by atoms with Crippen molar-refractivity contribution in [2.24, 2.45) is 0 Å². The van der Waals surface area contributed by atoms with Crippen LogP contribution in [0.15, 0.2) is 17.5 Å². The minimum absolute atomic E-state index is 0.00224. The van der Waals surface area contributed by atoms with Crippen LogP contribution in [0, 0.1) is 5.82 Å². The fraction of sp³-hybridized carbons (Fsp3) is 0.250. The molecule has 1 N–H and O–H groups in total. The fourth-order valence-electron chi connectivity index (χ4n) is 1.46. The van der Waals surface area contributed by atoms with E-state index >= 15 is 0 Å². The summed E-state index contributed by atoms with van der Waals surface area (Å²) in [5, 5.41) is 6.02. The second-order valence-electron chi connectivity index (χ2n) is 3.70. The second kappa shape index (κ2) is 6.52. The summed E-state index contributed by atoms with van der Waals surface area (Å²) in [6.45, 7) is 1.25. The maximum atomic E-state index is 13.5. The van der Waals surface area contributed by atoms with Gasteiger partial charge in [0.2, 0.25) is 0 Å². The van der Waals surface area contributed by atoms with Crippen molar-refractivity contribution in [3.63, 3.8) is 0 Å². The van der Waals surface area contributed by atoms with E-state index in [0.29, 0.717) is 29.4 Å². The monoisotopic (exact) mass is 320 g/mol. The third kappa shape index (κ3) is 3.57. The van der Waals surface area contributed by atoms with Crippen molar-refractivity contribution in [1.29, 1.82) is 0 Å². The molecule has 19 heavy (non-hydrogen) atoms. The van der Waals surface area contributed by atoms with Gasteiger partial charge < -0.3 is 10.1 Å². The van der Waals surface area contributed by atoms with Crippen LogP contribution in [0.25, 0.3) is 11.3 Å². The third-order valence-corrected chi connectivity index (χ3v) is 3.77. The molecular formula is C12H11Cl2FN2OS.